The molecule has 1 fully saturated rings. The number of rotatable bonds is 5. The van der Waals surface area contributed by atoms with Gasteiger partial charge in [-0.25, -0.2) is 0 Å². The average Bonchev–Trinajstić information content (AvgIpc) is 3.35. The summed E-state index contributed by atoms with van der Waals surface area (Å²) in [5, 5.41) is 5.36. The van der Waals surface area contributed by atoms with Crippen LogP contribution < -0.4 is 10.2 Å². The van der Waals surface area contributed by atoms with E-state index in [4.69, 9.17) is 11.6 Å². The molecule has 0 unspecified atom stereocenters. The Morgan fingerprint density at radius 1 is 1.17 bits per heavy atom. The number of nitrogens with zero attached hydrogens (tertiary/aromatic N) is 2. The number of anilines is 1. The third kappa shape index (κ3) is 4.31. The molecule has 1 N–H and O–H groups in total. The van der Waals surface area contributed by atoms with E-state index in [1.54, 1.807) is 34.4 Å². The van der Waals surface area contributed by atoms with Gasteiger partial charge in [-0.05, 0) is 48.1 Å². The number of amides is 3. The van der Waals surface area contributed by atoms with Crippen molar-refractivity contribution in [2.24, 2.45) is 0 Å². The normalized spacial score (nSPS) is 16.1. The zero-order valence-corrected chi connectivity index (χ0v) is 17.5. The fraction of sp³-hybridized carbons (Fsp3) is 0.381. The lowest BCUT2D eigenvalue weighted by Crippen LogP contribution is -2.37. The number of carbonyl (C=O) groups is 3. The second-order valence-corrected chi connectivity index (χ2v) is 8.69. The maximum atomic E-state index is 12.7. The first-order valence-corrected chi connectivity index (χ1v) is 11.0. The van der Waals surface area contributed by atoms with Crippen LogP contribution in [0.2, 0.25) is 5.02 Å². The smallest absolute Gasteiger partial charge is 0.253 e. The number of benzene rings is 1. The van der Waals surface area contributed by atoms with Crippen LogP contribution >= 0.6 is 22.9 Å². The SMILES string of the molecule is O=C(NCCC(=O)N1CCc2sccc2C1)c1ccc(Cl)cc1N1CCCC1=O. The molecule has 0 aliphatic carbocycles. The van der Waals surface area contributed by atoms with Crippen molar-refractivity contribution in [1.29, 1.82) is 0 Å². The van der Waals surface area contributed by atoms with Gasteiger partial charge in [-0.2, -0.15) is 0 Å². The van der Waals surface area contributed by atoms with Crippen LogP contribution in [0.5, 0.6) is 0 Å². The number of hydrogen-bond acceptors (Lipinski definition) is 4. The van der Waals surface area contributed by atoms with Crippen LogP contribution in [0.4, 0.5) is 5.69 Å². The Labute approximate surface area is 178 Å². The van der Waals surface area contributed by atoms with Crippen molar-refractivity contribution in [2.75, 3.05) is 24.5 Å². The molecule has 29 heavy (non-hydrogen) atoms. The molecule has 4 rings (SSSR count). The maximum absolute atomic E-state index is 12.7. The fourth-order valence-corrected chi connectivity index (χ4v) is 4.88. The number of halogens is 1. The molecule has 0 atom stereocenters. The molecule has 0 saturated carbocycles. The van der Waals surface area contributed by atoms with E-state index in [9.17, 15) is 14.4 Å². The van der Waals surface area contributed by atoms with Gasteiger partial charge in [-0.1, -0.05) is 11.6 Å². The monoisotopic (exact) mass is 431 g/mol. The Bertz CT molecular complexity index is 958. The van der Waals surface area contributed by atoms with Crippen molar-refractivity contribution in [1.82, 2.24) is 10.2 Å². The van der Waals surface area contributed by atoms with Gasteiger partial charge in [0.15, 0.2) is 0 Å². The molecule has 1 aromatic carbocycles. The molecular formula is C21H22ClN3O3S. The summed E-state index contributed by atoms with van der Waals surface area (Å²) in [5.74, 6) is -0.273. The molecule has 0 radical (unpaired) electrons. The van der Waals surface area contributed by atoms with E-state index in [2.05, 4.69) is 16.8 Å². The molecule has 2 aliphatic heterocycles. The molecule has 1 aromatic heterocycles. The zero-order valence-electron chi connectivity index (χ0n) is 15.9. The molecule has 0 spiro atoms. The highest BCUT2D eigenvalue weighted by Gasteiger charge is 2.26. The van der Waals surface area contributed by atoms with Gasteiger partial charge in [0.1, 0.15) is 0 Å². The quantitative estimate of drug-likeness (QED) is 0.790. The zero-order chi connectivity index (χ0) is 20.4. The minimum atomic E-state index is -0.303. The first kappa shape index (κ1) is 19.9. The van der Waals surface area contributed by atoms with Gasteiger partial charge in [-0.15, -0.1) is 11.3 Å². The summed E-state index contributed by atoms with van der Waals surface area (Å²) in [6.45, 7) is 2.20. The predicted molar refractivity (Wildman–Crippen MR) is 113 cm³/mol. The van der Waals surface area contributed by atoms with Crippen LogP contribution in [0.25, 0.3) is 0 Å². The molecule has 1 saturated heterocycles. The summed E-state index contributed by atoms with van der Waals surface area (Å²) < 4.78 is 0. The molecule has 2 aliphatic rings. The van der Waals surface area contributed by atoms with E-state index < -0.39 is 0 Å². The van der Waals surface area contributed by atoms with Crippen molar-refractivity contribution < 1.29 is 14.4 Å². The van der Waals surface area contributed by atoms with Crippen LogP contribution in [0, 0.1) is 0 Å². The largest absolute Gasteiger partial charge is 0.351 e. The summed E-state index contributed by atoms with van der Waals surface area (Å²) in [5.41, 5.74) is 2.16. The second-order valence-electron chi connectivity index (χ2n) is 7.25. The molecule has 2 aromatic rings. The van der Waals surface area contributed by atoms with Crippen LogP contribution in [-0.4, -0.2) is 42.3 Å². The minimum Gasteiger partial charge on any atom is -0.351 e. The molecule has 3 heterocycles. The molecule has 0 bridgehead atoms. The Kier molecular flexibility index (Phi) is 5.87. The van der Waals surface area contributed by atoms with Gasteiger partial charge < -0.3 is 15.1 Å². The summed E-state index contributed by atoms with van der Waals surface area (Å²) in [6.07, 6.45) is 2.38. The second kappa shape index (κ2) is 8.55. The lowest BCUT2D eigenvalue weighted by atomic mass is 10.1. The van der Waals surface area contributed by atoms with Crippen LogP contribution in [0.1, 0.15) is 40.1 Å². The number of fused-ring (bicyclic) bond motifs is 1. The van der Waals surface area contributed by atoms with E-state index in [1.165, 1.54) is 10.4 Å². The van der Waals surface area contributed by atoms with Crippen molar-refractivity contribution in [3.63, 3.8) is 0 Å². The van der Waals surface area contributed by atoms with E-state index >= 15 is 0 Å². The summed E-state index contributed by atoms with van der Waals surface area (Å²) >= 11 is 7.83. The van der Waals surface area contributed by atoms with Gasteiger partial charge in [-0.3, -0.25) is 14.4 Å². The molecule has 6 nitrogen and oxygen atoms in total. The Balaban J connectivity index is 1.35. The van der Waals surface area contributed by atoms with Gasteiger partial charge >= 0.3 is 0 Å². The van der Waals surface area contributed by atoms with Gasteiger partial charge in [0, 0.05) is 48.9 Å². The van der Waals surface area contributed by atoms with Crippen LogP contribution in [0.15, 0.2) is 29.6 Å². The van der Waals surface area contributed by atoms with Crippen molar-refractivity contribution in [3.05, 3.63) is 50.7 Å². The highest BCUT2D eigenvalue weighted by molar-refractivity contribution is 7.10. The van der Waals surface area contributed by atoms with E-state index in [0.29, 0.717) is 35.8 Å². The molecule has 8 heteroatoms. The van der Waals surface area contributed by atoms with Gasteiger partial charge in [0.25, 0.3) is 5.91 Å². The lowest BCUT2D eigenvalue weighted by Gasteiger charge is -2.27. The Morgan fingerprint density at radius 2 is 2.03 bits per heavy atom. The van der Waals surface area contributed by atoms with Crippen molar-refractivity contribution >= 4 is 46.3 Å². The Hall–Kier alpha value is -2.38. The average molecular weight is 432 g/mol. The Morgan fingerprint density at radius 3 is 2.83 bits per heavy atom. The van der Waals surface area contributed by atoms with E-state index in [1.807, 2.05) is 4.90 Å². The number of nitrogens with one attached hydrogen (secondary N) is 1. The first-order valence-electron chi connectivity index (χ1n) is 9.74. The maximum Gasteiger partial charge on any atom is 0.253 e. The molecule has 152 valence electrons. The fourth-order valence-electron chi connectivity index (χ4n) is 3.82. The standard InChI is InChI=1S/C21H22ClN3O3S/c22-15-3-4-16(17(12-15)25-9-1-2-20(25)27)21(28)23-8-5-19(26)24-10-6-18-14(13-24)7-11-29-18/h3-4,7,11-12H,1-2,5-6,8-10,13H2,(H,23,28). The third-order valence-corrected chi connectivity index (χ3v) is 6.61. The highest BCUT2D eigenvalue weighted by Crippen LogP contribution is 2.29. The van der Waals surface area contributed by atoms with Crippen LogP contribution in [-0.2, 0) is 22.6 Å². The summed E-state index contributed by atoms with van der Waals surface area (Å²) in [7, 11) is 0. The lowest BCUT2D eigenvalue weighted by molar-refractivity contribution is -0.132. The van der Waals surface area contributed by atoms with Gasteiger partial charge in [0.2, 0.25) is 11.8 Å². The van der Waals surface area contributed by atoms with Crippen molar-refractivity contribution in [3.8, 4) is 0 Å². The number of thiophene rings is 1. The topological polar surface area (TPSA) is 69.7 Å². The van der Waals surface area contributed by atoms with Crippen LogP contribution in [0.3, 0.4) is 0 Å². The van der Waals surface area contributed by atoms with E-state index in [-0.39, 0.29) is 30.7 Å². The third-order valence-electron chi connectivity index (χ3n) is 5.35. The summed E-state index contributed by atoms with van der Waals surface area (Å²) in [6, 6.07) is 6.99. The highest BCUT2D eigenvalue weighted by atomic mass is 35.5. The van der Waals surface area contributed by atoms with E-state index in [0.717, 1.165) is 19.4 Å². The van der Waals surface area contributed by atoms with Gasteiger partial charge in [0.05, 0.1) is 11.3 Å². The van der Waals surface area contributed by atoms with Crippen molar-refractivity contribution in [2.45, 2.75) is 32.2 Å². The number of hydrogen-bond donors (Lipinski definition) is 1. The first-order chi connectivity index (χ1) is 14.0. The summed E-state index contributed by atoms with van der Waals surface area (Å²) in [4.78, 5) is 42.1. The minimum absolute atomic E-state index is 0.00519. The number of carbonyl (C=O) groups excluding carboxylic acids is 3. The molecular weight excluding hydrogens is 410 g/mol. The molecule has 3 amide bonds. The predicted octanol–water partition coefficient (Wildman–Crippen LogP) is 3.23.